The lowest BCUT2D eigenvalue weighted by Crippen LogP contribution is -2.32. The van der Waals surface area contributed by atoms with Gasteiger partial charge in [-0.2, -0.15) is 0 Å². The predicted octanol–water partition coefficient (Wildman–Crippen LogP) is 4.47. The van der Waals surface area contributed by atoms with E-state index < -0.39 is 16.1 Å². The molecule has 1 aromatic heterocycles. The van der Waals surface area contributed by atoms with E-state index in [1.807, 2.05) is 4.90 Å². The van der Waals surface area contributed by atoms with Gasteiger partial charge in [-0.25, -0.2) is 0 Å². The van der Waals surface area contributed by atoms with Crippen LogP contribution >= 0.6 is 0 Å². The van der Waals surface area contributed by atoms with Crippen LogP contribution in [0.25, 0.3) is 22.2 Å². The van der Waals surface area contributed by atoms with E-state index in [-0.39, 0.29) is 28.7 Å². The molecule has 3 N–H and O–H groups in total. The molecule has 2 aromatic carbocycles. The molecule has 2 heterocycles. The van der Waals surface area contributed by atoms with Gasteiger partial charge in [0.15, 0.2) is 5.75 Å². The van der Waals surface area contributed by atoms with E-state index in [0.29, 0.717) is 22.3 Å². The highest BCUT2D eigenvalue weighted by Crippen LogP contribution is 2.36. The Labute approximate surface area is 201 Å². The topological polar surface area (TPSA) is 129 Å². The smallest absolute Gasteiger partial charge is 0.293 e. The van der Waals surface area contributed by atoms with E-state index >= 15 is 0 Å². The van der Waals surface area contributed by atoms with Crippen LogP contribution in [0.2, 0.25) is 0 Å². The number of fused-ring (bicyclic) bond motifs is 1. The van der Waals surface area contributed by atoms with Crippen LogP contribution in [0.4, 0.5) is 11.4 Å². The Morgan fingerprint density at radius 1 is 1.06 bits per heavy atom. The van der Waals surface area contributed by atoms with E-state index in [4.69, 9.17) is 0 Å². The summed E-state index contributed by atoms with van der Waals surface area (Å²) in [5.41, 5.74) is 1.06. The third-order valence-electron chi connectivity index (χ3n) is 7.09. The van der Waals surface area contributed by atoms with Crippen molar-refractivity contribution in [2.45, 2.75) is 51.0 Å². The number of carbonyl (C=O) groups is 1. The SMILES string of the molecule is O=C(NC1CCCC1)c1ccc2c(=O)c(O)c(-c3ccc(N4CCCCC4)c([N+](=O)[O-])c3)[nH]c2c1. The van der Waals surface area contributed by atoms with Crippen molar-refractivity contribution in [2.24, 2.45) is 0 Å². The predicted molar refractivity (Wildman–Crippen MR) is 134 cm³/mol. The second-order valence-corrected chi connectivity index (χ2v) is 9.40. The first-order valence-electron chi connectivity index (χ1n) is 12.2. The van der Waals surface area contributed by atoms with Gasteiger partial charge in [0.1, 0.15) is 5.69 Å². The number of hydrogen-bond donors (Lipinski definition) is 3. The van der Waals surface area contributed by atoms with Crippen LogP contribution in [0, 0.1) is 10.1 Å². The van der Waals surface area contributed by atoms with Crippen molar-refractivity contribution in [2.75, 3.05) is 18.0 Å². The lowest BCUT2D eigenvalue weighted by atomic mass is 10.0. The first-order valence-corrected chi connectivity index (χ1v) is 12.2. The number of anilines is 1. The summed E-state index contributed by atoms with van der Waals surface area (Å²) >= 11 is 0. The average molecular weight is 477 g/mol. The van der Waals surface area contributed by atoms with Crippen molar-refractivity contribution in [3.05, 3.63) is 62.3 Å². The van der Waals surface area contributed by atoms with E-state index in [1.165, 1.54) is 12.1 Å². The fourth-order valence-corrected chi connectivity index (χ4v) is 5.20. The molecule has 1 amide bonds. The summed E-state index contributed by atoms with van der Waals surface area (Å²) < 4.78 is 0. The molecular weight excluding hydrogens is 448 g/mol. The lowest BCUT2D eigenvalue weighted by molar-refractivity contribution is -0.384. The van der Waals surface area contributed by atoms with Crippen LogP contribution in [0.1, 0.15) is 55.3 Å². The highest BCUT2D eigenvalue weighted by Gasteiger charge is 2.24. The van der Waals surface area contributed by atoms with Crippen LogP contribution < -0.4 is 15.6 Å². The molecule has 0 radical (unpaired) electrons. The van der Waals surface area contributed by atoms with Crippen LogP contribution in [-0.2, 0) is 0 Å². The Hall–Kier alpha value is -3.88. The molecular formula is C26H28N4O5. The summed E-state index contributed by atoms with van der Waals surface area (Å²) in [6, 6.07) is 9.56. The number of nitro groups is 1. The minimum absolute atomic E-state index is 0.0746. The van der Waals surface area contributed by atoms with E-state index in [1.54, 1.807) is 24.3 Å². The van der Waals surface area contributed by atoms with Crippen molar-refractivity contribution in [3.8, 4) is 17.0 Å². The number of aromatic hydroxyl groups is 1. The number of aromatic amines is 1. The maximum absolute atomic E-state index is 12.9. The molecule has 35 heavy (non-hydrogen) atoms. The molecule has 5 rings (SSSR count). The van der Waals surface area contributed by atoms with Crippen LogP contribution in [0.5, 0.6) is 5.75 Å². The Bertz CT molecular complexity index is 1350. The summed E-state index contributed by atoms with van der Waals surface area (Å²) in [6.45, 7) is 1.51. The number of piperidine rings is 1. The molecule has 9 nitrogen and oxygen atoms in total. The maximum Gasteiger partial charge on any atom is 0.293 e. The maximum atomic E-state index is 12.9. The van der Waals surface area contributed by atoms with Gasteiger partial charge < -0.3 is 20.3 Å². The minimum Gasteiger partial charge on any atom is -0.503 e. The third-order valence-corrected chi connectivity index (χ3v) is 7.09. The van der Waals surface area contributed by atoms with Crippen LogP contribution in [0.3, 0.4) is 0 Å². The molecule has 9 heteroatoms. The van der Waals surface area contributed by atoms with Crippen molar-refractivity contribution in [3.63, 3.8) is 0 Å². The molecule has 2 aliphatic rings. The van der Waals surface area contributed by atoms with Gasteiger partial charge in [-0.1, -0.05) is 18.9 Å². The number of H-pyrrole nitrogens is 1. The van der Waals surface area contributed by atoms with Crippen molar-refractivity contribution >= 4 is 28.2 Å². The Morgan fingerprint density at radius 3 is 2.51 bits per heavy atom. The molecule has 1 saturated heterocycles. The molecule has 1 aliphatic heterocycles. The van der Waals surface area contributed by atoms with E-state index in [0.717, 1.165) is 58.0 Å². The average Bonchev–Trinajstić information content (AvgIpc) is 3.39. The standard InChI is InChI=1S/C26H28N4O5/c31-24-19-10-8-17(26(33)27-18-6-2-3-7-18)14-20(19)28-23(25(24)32)16-9-11-21(22(15-16)30(34)35)29-12-4-1-5-13-29/h8-11,14-15,18,32H,1-7,12-13H2,(H,27,33)(H,28,31). The Balaban J connectivity index is 1.54. The Morgan fingerprint density at radius 2 is 1.80 bits per heavy atom. The first kappa shape index (κ1) is 22.9. The number of rotatable bonds is 5. The summed E-state index contributed by atoms with van der Waals surface area (Å²) in [5.74, 6) is -0.725. The van der Waals surface area contributed by atoms with Gasteiger partial charge in [-0.3, -0.25) is 19.7 Å². The zero-order chi connectivity index (χ0) is 24.5. The summed E-state index contributed by atoms with van der Waals surface area (Å²) in [4.78, 5) is 42.1. The van der Waals surface area contributed by atoms with Crippen molar-refractivity contribution in [1.29, 1.82) is 0 Å². The van der Waals surface area contributed by atoms with Crippen molar-refractivity contribution in [1.82, 2.24) is 10.3 Å². The molecule has 1 saturated carbocycles. The monoisotopic (exact) mass is 476 g/mol. The number of carbonyl (C=O) groups excluding carboxylic acids is 1. The zero-order valence-electron chi connectivity index (χ0n) is 19.4. The van der Waals surface area contributed by atoms with Crippen molar-refractivity contribution < 1.29 is 14.8 Å². The molecule has 0 bridgehead atoms. The summed E-state index contributed by atoms with van der Waals surface area (Å²) in [5, 5.41) is 25.8. The molecule has 2 fully saturated rings. The molecule has 0 spiro atoms. The van der Waals surface area contributed by atoms with Gasteiger partial charge in [-0.15, -0.1) is 0 Å². The number of amides is 1. The quantitative estimate of drug-likeness (QED) is 0.368. The van der Waals surface area contributed by atoms with Gasteiger partial charge in [0, 0.05) is 41.7 Å². The molecule has 1 aliphatic carbocycles. The van der Waals surface area contributed by atoms with E-state index in [9.17, 15) is 24.8 Å². The van der Waals surface area contributed by atoms with Gasteiger partial charge in [-0.05, 0) is 56.4 Å². The number of benzene rings is 2. The normalized spacial score (nSPS) is 16.5. The van der Waals surface area contributed by atoms with Gasteiger partial charge in [0.05, 0.1) is 16.1 Å². The second-order valence-electron chi connectivity index (χ2n) is 9.40. The number of aromatic nitrogens is 1. The molecule has 0 unspecified atom stereocenters. The zero-order valence-corrected chi connectivity index (χ0v) is 19.4. The van der Waals surface area contributed by atoms with Crippen LogP contribution in [0.15, 0.2) is 41.2 Å². The number of hydrogen-bond acceptors (Lipinski definition) is 6. The fourth-order valence-electron chi connectivity index (χ4n) is 5.20. The molecule has 182 valence electrons. The molecule has 3 aromatic rings. The number of nitrogens with one attached hydrogen (secondary N) is 2. The number of nitro benzene ring substituents is 1. The largest absolute Gasteiger partial charge is 0.503 e. The highest BCUT2D eigenvalue weighted by molar-refractivity contribution is 5.98. The lowest BCUT2D eigenvalue weighted by Gasteiger charge is -2.28. The Kier molecular flexibility index (Phi) is 6.15. The third kappa shape index (κ3) is 4.45. The van der Waals surface area contributed by atoms with Crippen LogP contribution in [-0.4, -0.2) is 40.1 Å². The van der Waals surface area contributed by atoms with Gasteiger partial charge in [0.25, 0.3) is 11.6 Å². The minimum atomic E-state index is -0.598. The second kappa shape index (κ2) is 9.40. The first-order chi connectivity index (χ1) is 16.9. The summed E-state index contributed by atoms with van der Waals surface area (Å²) in [6.07, 6.45) is 7.18. The highest BCUT2D eigenvalue weighted by atomic mass is 16.6. The number of pyridine rings is 1. The number of nitrogens with zero attached hydrogens (tertiary/aromatic N) is 2. The molecule has 0 atom stereocenters. The van der Waals surface area contributed by atoms with Gasteiger partial charge >= 0.3 is 0 Å². The van der Waals surface area contributed by atoms with E-state index in [2.05, 4.69) is 10.3 Å². The van der Waals surface area contributed by atoms with Gasteiger partial charge in [0.2, 0.25) is 5.43 Å². The summed E-state index contributed by atoms with van der Waals surface area (Å²) in [7, 11) is 0. The fraction of sp³-hybridized carbons (Fsp3) is 0.385.